The summed E-state index contributed by atoms with van der Waals surface area (Å²) < 4.78 is 69.4. The second-order valence-electron chi connectivity index (χ2n) is 7.87. The molecule has 3 heterocycles. The van der Waals surface area contributed by atoms with Gasteiger partial charge >= 0.3 is 6.18 Å². The van der Waals surface area contributed by atoms with E-state index in [0.29, 0.717) is 6.07 Å². The summed E-state index contributed by atoms with van der Waals surface area (Å²) in [4.78, 5) is 33.0. The smallest absolute Gasteiger partial charge is 0.433 e. The topological polar surface area (TPSA) is 103 Å². The van der Waals surface area contributed by atoms with Crippen LogP contribution >= 0.6 is 0 Å². The van der Waals surface area contributed by atoms with E-state index < -0.39 is 36.9 Å². The highest BCUT2D eigenvalue weighted by molar-refractivity contribution is 5.94. The molecule has 8 nitrogen and oxygen atoms in total. The number of carbonyl (C=O) groups is 1. The first-order chi connectivity index (χ1) is 16.6. The Hall–Kier alpha value is -3.77. The Kier molecular flexibility index (Phi) is 6.85. The van der Waals surface area contributed by atoms with Crippen LogP contribution in [0.5, 0.6) is 5.75 Å². The lowest BCUT2D eigenvalue weighted by Gasteiger charge is -2.17. The summed E-state index contributed by atoms with van der Waals surface area (Å²) in [5.74, 6) is -0.693. The third-order valence-corrected chi connectivity index (χ3v) is 5.09. The van der Waals surface area contributed by atoms with Gasteiger partial charge in [-0.2, -0.15) is 13.2 Å². The Balaban J connectivity index is 1.55. The highest BCUT2D eigenvalue weighted by Crippen LogP contribution is 2.40. The molecule has 1 atom stereocenters. The summed E-state index contributed by atoms with van der Waals surface area (Å²) in [7, 11) is 0. The Morgan fingerprint density at radius 1 is 1.11 bits per heavy atom. The molecule has 0 aliphatic heterocycles. The molecule has 1 fully saturated rings. The molecular formula is C22H19F5N6O2. The minimum Gasteiger partial charge on any atom is -0.484 e. The van der Waals surface area contributed by atoms with Gasteiger partial charge in [-0.15, -0.1) is 0 Å². The van der Waals surface area contributed by atoms with E-state index in [1.54, 1.807) is 6.92 Å². The van der Waals surface area contributed by atoms with Crippen LogP contribution in [0.2, 0.25) is 0 Å². The van der Waals surface area contributed by atoms with E-state index in [4.69, 9.17) is 4.74 Å². The first kappa shape index (κ1) is 24.4. The number of nitrogens with one attached hydrogen (secondary N) is 1. The molecule has 184 valence electrons. The molecule has 4 rings (SSSR count). The van der Waals surface area contributed by atoms with Crippen molar-refractivity contribution in [2.75, 3.05) is 6.61 Å². The van der Waals surface area contributed by atoms with Crippen molar-refractivity contribution in [3.05, 3.63) is 59.6 Å². The van der Waals surface area contributed by atoms with E-state index in [9.17, 15) is 26.7 Å². The molecule has 3 aromatic rings. The second kappa shape index (κ2) is 9.84. The van der Waals surface area contributed by atoms with E-state index in [0.717, 1.165) is 12.8 Å². The Labute approximate surface area is 196 Å². The summed E-state index contributed by atoms with van der Waals surface area (Å²) >= 11 is 0. The monoisotopic (exact) mass is 494 g/mol. The summed E-state index contributed by atoms with van der Waals surface area (Å²) in [6.07, 6.45) is -0.755. The van der Waals surface area contributed by atoms with Crippen molar-refractivity contribution >= 4 is 5.91 Å². The van der Waals surface area contributed by atoms with Crippen LogP contribution in [-0.2, 0) is 6.18 Å². The van der Waals surface area contributed by atoms with Crippen LogP contribution in [0.1, 0.15) is 59.2 Å². The van der Waals surface area contributed by atoms with Crippen molar-refractivity contribution in [1.82, 2.24) is 30.2 Å². The van der Waals surface area contributed by atoms with Crippen LogP contribution < -0.4 is 10.1 Å². The normalized spacial score (nSPS) is 14.6. The zero-order valence-electron chi connectivity index (χ0n) is 18.3. The van der Waals surface area contributed by atoms with Gasteiger partial charge < -0.3 is 10.1 Å². The summed E-state index contributed by atoms with van der Waals surface area (Å²) in [5.41, 5.74) is -0.592. The first-order valence-corrected chi connectivity index (χ1v) is 10.6. The maximum absolute atomic E-state index is 13.3. The van der Waals surface area contributed by atoms with Crippen molar-refractivity contribution in [3.63, 3.8) is 0 Å². The molecule has 1 saturated carbocycles. The molecule has 1 amide bonds. The molecule has 0 saturated heterocycles. The van der Waals surface area contributed by atoms with Crippen LogP contribution in [0.15, 0.2) is 36.9 Å². The van der Waals surface area contributed by atoms with Crippen molar-refractivity contribution in [3.8, 4) is 17.3 Å². The average Bonchev–Trinajstić information content (AvgIpc) is 3.68. The van der Waals surface area contributed by atoms with Crippen LogP contribution in [0.25, 0.3) is 11.5 Å². The van der Waals surface area contributed by atoms with Gasteiger partial charge in [0.15, 0.2) is 11.6 Å². The number of hydrogen-bond acceptors (Lipinski definition) is 7. The molecule has 13 heteroatoms. The molecule has 3 aromatic heterocycles. The number of aromatic nitrogens is 5. The van der Waals surface area contributed by atoms with Crippen LogP contribution in [-0.4, -0.2) is 43.9 Å². The molecule has 1 aliphatic carbocycles. The van der Waals surface area contributed by atoms with E-state index in [-0.39, 0.29) is 40.1 Å². The predicted molar refractivity (Wildman–Crippen MR) is 112 cm³/mol. The van der Waals surface area contributed by atoms with Crippen molar-refractivity contribution in [2.24, 2.45) is 0 Å². The largest absolute Gasteiger partial charge is 0.484 e. The Bertz CT molecular complexity index is 1200. The molecule has 1 unspecified atom stereocenters. The van der Waals surface area contributed by atoms with Crippen molar-refractivity contribution < 1.29 is 31.5 Å². The Morgan fingerprint density at radius 3 is 2.43 bits per heavy atom. The highest BCUT2D eigenvalue weighted by atomic mass is 19.4. The van der Waals surface area contributed by atoms with Gasteiger partial charge in [0.25, 0.3) is 12.3 Å². The fourth-order valence-corrected chi connectivity index (χ4v) is 3.27. The van der Waals surface area contributed by atoms with Gasteiger partial charge in [-0.3, -0.25) is 9.78 Å². The van der Waals surface area contributed by atoms with Crippen LogP contribution in [0.4, 0.5) is 22.0 Å². The summed E-state index contributed by atoms with van der Waals surface area (Å²) in [5, 5.41) is 2.63. The quantitative estimate of drug-likeness (QED) is 0.464. The average molecular weight is 494 g/mol. The van der Waals surface area contributed by atoms with Crippen molar-refractivity contribution in [2.45, 2.75) is 44.3 Å². The Morgan fingerprint density at radius 2 is 1.80 bits per heavy atom. The van der Waals surface area contributed by atoms with E-state index >= 15 is 0 Å². The van der Waals surface area contributed by atoms with Gasteiger partial charge in [-0.25, -0.2) is 28.7 Å². The van der Waals surface area contributed by atoms with Crippen LogP contribution in [0.3, 0.4) is 0 Å². The second-order valence-corrected chi connectivity index (χ2v) is 7.87. The fourth-order valence-electron chi connectivity index (χ4n) is 3.27. The standard InChI is InChI=1S/C22H19F5N6O2/c1-11(32-21(34)13-6-15(12-2-3-12)33-16(7-13)22(25,26)27)18-19(29-5-4-28-18)20-30-8-14(9-31-20)35-10-17(23)24/h4-9,11-12,17H,2-3,10H2,1H3,(H,32,34). The number of halogens is 5. The third kappa shape index (κ3) is 6.03. The van der Waals surface area contributed by atoms with E-state index in [1.165, 1.54) is 30.9 Å². The number of nitrogens with zero attached hydrogens (tertiary/aromatic N) is 5. The van der Waals surface area contributed by atoms with Gasteiger partial charge in [-0.1, -0.05) is 0 Å². The lowest BCUT2D eigenvalue weighted by Crippen LogP contribution is -2.28. The van der Waals surface area contributed by atoms with Gasteiger partial charge in [0, 0.05) is 29.6 Å². The lowest BCUT2D eigenvalue weighted by atomic mass is 10.1. The van der Waals surface area contributed by atoms with Gasteiger partial charge in [0.1, 0.15) is 18.0 Å². The van der Waals surface area contributed by atoms with E-state index in [2.05, 4.69) is 30.2 Å². The number of amides is 1. The maximum Gasteiger partial charge on any atom is 0.433 e. The third-order valence-electron chi connectivity index (χ3n) is 5.09. The fraction of sp³-hybridized carbons (Fsp3) is 0.364. The molecule has 0 radical (unpaired) electrons. The zero-order valence-corrected chi connectivity index (χ0v) is 18.3. The molecule has 1 aliphatic rings. The number of pyridine rings is 1. The molecule has 0 spiro atoms. The number of carbonyl (C=O) groups excluding carboxylic acids is 1. The van der Waals surface area contributed by atoms with Gasteiger partial charge in [0.05, 0.1) is 24.1 Å². The minimum absolute atomic E-state index is 0.0328. The van der Waals surface area contributed by atoms with Crippen molar-refractivity contribution in [1.29, 1.82) is 0 Å². The number of rotatable bonds is 8. The number of hydrogen-bond donors (Lipinski definition) is 1. The number of alkyl halides is 5. The van der Waals surface area contributed by atoms with Gasteiger partial charge in [-0.05, 0) is 31.9 Å². The minimum atomic E-state index is -4.69. The molecule has 1 N–H and O–H groups in total. The molecular weight excluding hydrogens is 475 g/mol. The van der Waals surface area contributed by atoms with Gasteiger partial charge in [0.2, 0.25) is 0 Å². The summed E-state index contributed by atoms with van der Waals surface area (Å²) in [6.45, 7) is 0.773. The van der Waals surface area contributed by atoms with E-state index in [1.807, 2.05) is 0 Å². The zero-order chi connectivity index (χ0) is 25.2. The summed E-state index contributed by atoms with van der Waals surface area (Å²) in [6, 6.07) is 1.30. The SMILES string of the molecule is CC(NC(=O)c1cc(C2CC2)nc(C(F)(F)F)c1)c1nccnc1-c1ncc(OCC(F)F)cn1. The van der Waals surface area contributed by atoms with Crippen LogP contribution in [0, 0.1) is 0 Å². The lowest BCUT2D eigenvalue weighted by molar-refractivity contribution is -0.141. The molecule has 35 heavy (non-hydrogen) atoms. The maximum atomic E-state index is 13.3. The number of ether oxygens (including phenoxy) is 1. The highest BCUT2D eigenvalue weighted by Gasteiger charge is 2.36. The molecule has 0 aromatic carbocycles. The first-order valence-electron chi connectivity index (χ1n) is 10.6. The predicted octanol–water partition coefficient (Wildman–Crippen LogP) is 4.36. The molecule has 0 bridgehead atoms.